The van der Waals surface area contributed by atoms with Gasteiger partial charge in [0.25, 0.3) is 0 Å². The molecule has 0 saturated heterocycles. The number of rotatable bonds is 4. The van der Waals surface area contributed by atoms with Crippen molar-refractivity contribution < 1.29 is 5.11 Å². The molecule has 3 heteroatoms. The Morgan fingerprint density at radius 1 is 1.11 bits per heavy atom. The van der Waals surface area contributed by atoms with Crippen LogP contribution >= 0.6 is 0 Å². The smallest absolute Gasteiger partial charge is 0.115 e. The Hall–Kier alpha value is -2.47. The quantitative estimate of drug-likeness (QED) is 0.873. The minimum Gasteiger partial charge on any atom is -0.508 e. The van der Waals surface area contributed by atoms with Crippen LogP contribution in [0, 0.1) is 11.3 Å². The molecule has 2 rings (SSSR count). The normalized spacial score (nSPS) is 11.6. The molecule has 3 nitrogen and oxygen atoms in total. The predicted molar refractivity (Wildman–Crippen MR) is 75.9 cm³/mol. The largest absolute Gasteiger partial charge is 0.508 e. The molecule has 96 valence electrons. The Balaban J connectivity index is 2.04. The summed E-state index contributed by atoms with van der Waals surface area (Å²) in [4.78, 5) is 0. The Morgan fingerprint density at radius 2 is 1.74 bits per heavy atom. The molecule has 0 fully saturated rings. The van der Waals surface area contributed by atoms with Crippen molar-refractivity contribution in [1.82, 2.24) is 0 Å². The second-order valence-electron chi connectivity index (χ2n) is 4.49. The van der Waals surface area contributed by atoms with E-state index in [0.717, 1.165) is 16.8 Å². The van der Waals surface area contributed by atoms with Gasteiger partial charge in [0.1, 0.15) is 5.75 Å². The molecule has 0 saturated carbocycles. The minimum atomic E-state index is 0.155. The van der Waals surface area contributed by atoms with Crippen molar-refractivity contribution in [3.63, 3.8) is 0 Å². The first-order chi connectivity index (χ1) is 9.19. The van der Waals surface area contributed by atoms with Crippen molar-refractivity contribution in [3.05, 3.63) is 59.7 Å². The summed E-state index contributed by atoms with van der Waals surface area (Å²) < 4.78 is 0. The molecule has 0 amide bonds. The summed E-state index contributed by atoms with van der Waals surface area (Å²) in [7, 11) is 0. The highest BCUT2D eigenvalue weighted by Crippen LogP contribution is 2.21. The molecule has 0 aliphatic carbocycles. The Labute approximate surface area is 113 Å². The lowest BCUT2D eigenvalue weighted by Crippen LogP contribution is -2.06. The third-order valence-corrected chi connectivity index (χ3v) is 3.01. The van der Waals surface area contributed by atoms with Gasteiger partial charge in [-0.15, -0.1) is 0 Å². The van der Waals surface area contributed by atoms with Crippen molar-refractivity contribution >= 4 is 5.69 Å². The average Bonchev–Trinajstić information content (AvgIpc) is 2.42. The van der Waals surface area contributed by atoms with Crippen molar-refractivity contribution in [1.29, 1.82) is 5.26 Å². The first-order valence-corrected chi connectivity index (χ1v) is 6.20. The molecule has 0 aliphatic heterocycles. The van der Waals surface area contributed by atoms with Crippen molar-refractivity contribution in [2.45, 2.75) is 19.4 Å². The molecular weight excluding hydrogens is 236 g/mol. The van der Waals surface area contributed by atoms with E-state index in [1.54, 1.807) is 12.1 Å². The van der Waals surface area contributed by atoms with Crippen molar-refractivity contribution in [2.24, 2.45) is 0 Å². The molecule has 1 unspecified atom stereocenters. The standard InChI is InChI=1S/C16H16N2O/c1-12(14-4-8-16(19)9-5-14)18-15-6-2-13(3-7-15)10-11-17/h2-9,12,18-19H,10H2,1H3. The third-order valence-electron chi connectivity index (χ3n) is 3.01. The molecule has 0 aromatic heterocycles. The van der Waals surface area contributed by atoms with E-state index in [9.17, 15) is 5.11 Å². The summed E-state index contributed by atoms with van der Waals surface area (Å²) in [6.45, 7) is 2.07. The average molecular weight is 252 g/mol. The van der Waals surface area contributed by atoms with Crippen LogP contribution in [0.5, 0.6) is 5.75 Å². The van der Waals surface area contributed by atoms with Crippen LogP contribution in [-0.2, 0) is 6.42 Å². The number of hydrogen-bond donors (Lipinski definition) is 2. The van der Waals surface area contributed by atoms with E-state index in [-0.39, 0.29) is 11.8 Å². The van der Waals surface area contributed by atoms with Gasteiger partial charge in [0, 0.05) is 11.7 Å². The summed E-state index contributed by atoms with van der Waals surface area (Å²) >= 11 is 0. The molecule has 0 heterocycles. The fourth-order valence-electron chi connectivity index (χ4n) is 1.91. The second-order valence-corrected chi connectivity index (χ2v) is 4.49. The maximum Gasteiger partial charge on any atom is 0.115 e. The van der Waals surface area contributed by atoms with Crippen LogP contribution < -0.4 is 5.32 Å². The molecule has 2 N–H and O–H groups in total. The van der Waals surface area contributed by atoms with Gasteiger partial charge in [-0.3, -0.25) is 0 Å². The number of nitrogens with one attached hydrogen (secondary N) is 1. The molecule has 0 radical (unpaired) electrons. The summed E-state index contributed by atoms with van der Waals surface area (Å²) in [5, 5.41) is 21.3. The number of phenolic OH excluding ortho intramolecular Hbond substituents is 1. The number of nitriles is 1. The third kappa shape index (κ3) is 3.49. The first kappa shape index (κ1) is 13.0. The number of anilines is 1. The number of nitrogens with zero attached hydrogens (tertiary/aromatic N) is 1. The van der Waals surface area contributed by atoms with Gasteiger partial charge in [-0.2, -0.15) is 5.26 Å². The van der Waals surface area contributed by atoms with Gasteiger partial charge in [-0.25, -0.2) is 0 Å². The summed E-state index contributed by atoms with van der Waals surface area (Å²) in [6.07, 6.45) is 0.438. The zero-order valence-electron chi connectivity index (χ0n) is 10.8. The molecular formula is C16H16N2O. The van der Waals surface area contributed by atoms with E-state index in [2.05, 4.69) is 18.3 Å². The van der Waals surface area contributed by atoms with Crippen LogP contribution in [0.25, 0.3) is 0 Å². The maximum absolute atomic E-state index is 9.26. The first-order valence-electron chi connectivity index (χ1n) is 6.20. The minimum absolute atomic E-state index is 0.155. The monoisotopic (exact) mass is 252 g/mol. The molecule has 19 heavy (non-hydrogen) atoms. The molecule has 1 atom stereocenters. The van der Waals surface area contributed by atoms with Crippen molar-refractivity contribution in [2.75, 3.05) is 5.32 Å². The predicted octanol–water partition coefficient (Wildman–Crippen LogP) is 3.63. The molecule has 0 bridgehead atoms. The van der Waals surface area contributed by atoms with E-state index in [1.165, 1.54) is 0 Å². The van der Waals surface area contributed by atoms with Gasteiger partial charge in [0.15, 0.2) is 0 Å². The van der Waals surface area contributed by atoms with Crippen LogP contribution in [0.15, 0.2) is 48.5 Å². The van der Waals surface area contributed by atoms with Crippen LogP contribution in [0.1, 0.15) is 24.1 Å². The number of phenols is 1. The van der Waals surface area contributed by atoms with E-state index in [4.69, 9.17) is 5.26 Å². The lowest BCUT2D eigenvalue weighted by atomic mass is 10.1. The van der Waals surface area contributed by atoms with E-state index < -0.39 is 0 Å². The zero-order chi connectivity index (χ0) is 13.7. The number of benzene rings is 2. The van der Waals surface area contributed by atoms with Crippen LogP contribution in [-0.4, -0.2) is 5.11 Å². The number of aromatic hydroxyl groups is 1. The van der Waals surface area contributed by atoms with Gasteiger partial charge in [-0.1, -0.05) is 24.3 Å². The van der Waals surface area contributed by atoms with E-state index in [1.807, 2.05) is 36.4 Å². The van der Waals surface area contributed by atoms with E-state index in [0.29, 0.717) is 6.42 Å². The maximum atomic E-state index is 9.26. The Kier molecular flexibility index (Phi) is 4.04. The molecule has 2 aromatic carbocycles. The fourth-order valence-corrected chi connectivity index (χ4v) is 1.91. The Morgan fingerprint density at radius 3 is 2.32 bits per heavy atom. The highest BCUT2D eigenvalue weighted by molar-refractivity contribution is 5.47. The van der Waals surface area contributed by atoms with Gasteiger partial charge in [0.2, 0.25) is 0 Å². The van der Waals surface area contributed by atoms with Crippen molar-refractivity contribution in [3.8, 4) is 11.8 Å². The summed E-state index contributed by atoms with van der Waals surface area (Å²) in [5.74, 6) is 0.275. The van der Waals surface area contributed by atoms with Gasteiger partial charge < -0.3 is 10.4 Å². The van der Waals surface area contributed by atoms with Crippen LogP contribution in [0.3, 0.4) is 0 Å². The zero-order valence-corrected chi connectivity index (χ0v) is 10.8. The van der Waals surface area contributed by atoms with Gasteiger partial charge >= 0.3 is 0 Å². The lowest BCUT2D eigenvalue weighted by Gasteiger charge is -2.16. The Bertz CT molecular complexity index is 567. The highest BCUT2D eigenvalue weighted by atomic mass is 16.3. The van der Waals surface area contributed by atoms with E-state index >= 15 is 0 Å². The molecule has 0 aliphatic rings. The molecule has 2 aromatic rings. The topological polar surface area (TPSA) is 56.0 Å². The van der Waals surface area contributed by atoms with Gasteiger partial charge in [0.05, 0.1) is 12.5 Å². The molecule has 0 spiro atoms. The number of hydrogen-bond acceptors (Lipinski definition) is 3. The van der Waals surface area contributed by atoms with Gasteiger partial charge in [-0.05, 0) is 42.3 Å². The highest BCUT2D eigenvalue weighted by Gasteiger charge is 2.05. The van der Waals surface area contributed by atoms with Crippen LogP contribution in [0.2, 0.25) is 0 Å². The summed E-state index contributed by atoms with van der Waals surface area (Å²) in [6, 6.07) is 17.3. The van der Waals surface area contributed by atoms with Crippen LogP contribution in [0.4, 0.5) is 5.69 Å². The SMILES string of the molecule is CC(Nc1ccc(CC#N)cc1)c1ccc(O)cc1. The lowest BCUT2D eigenvalue weighted by molar-refractivity contribution is 0.475. The fraction of sp³-hybridized carbons (Fsp3) is 0.188. The summed E-state index contributed by atoms with van der Waals surface area (Å²) in [5.41, 5.74) is 3.14. The second kappa shape index (κ2) is 5.92.